The zero-order valence-corrected chi connectivity index (χ0v) is 18.3. The molecule has 0 fully saturated rings. The Kier molecular flexibility index (Phi) is 5.63. The van der Waals surface area contributed by atoms with Crippen LogP contribution in [0.25, 0.3) is 22.5 Å². The van der Waals surface area contributed by atoms with Gasteiger partial charge in [0, 0.05) is 28.6 Å². The van der Waals surface area contributed by atoms with Gasteiger partial charge in [-0.25, -0.2) is 4.98 Å². The summed E-state index contributed by atoms with van der Waals surface area (Å²) in [6.45, 7) is 8.80. The molecule has 29 heavy (non-hydrogen) atoms. The molecule has 0 saturated carbocycles. The largest absolute Gasteiger partial charge is 0.269 e. The highest BCUT2D eigenvalue weighted by molar-refractivity contribution is 7.10. The van der Waals surface area contributed by atoms with Crippen molar-refractivity contribution in [3.8, 4) is 22.5 Å². The summed E-state index contributed by atoms with van der Waals surface area (Å²) in [5.41, 5.74) is 7.13. The molecule has 0 aliphatic heterocycles. The predicted octanol–water partition coefficient (Wildman–Crippen LogP) is 6.91. The number of benzene rings is 2. The van der Waals surface area contributed by atoms with Gasteiger partial charge in [0.25, 0.3) is 0 Å². The molecule has 4 aromatic rings. The zero-order chi connectivity index (χ0) is 20.4. The van der Waals surface area contributed by atoms with Crippen molar-refractivity contribution in [2.45, 2.75) is 46.1 Å². The SMILES string of the molecule is Cc1cc(-c2csc(C(C)C)n2)ccc1CC(C)n1ccc(-c2ccccc2)n1. The summed E-state index contributed by atoms with van der Waals surface area (Å²) in [5.74, 6) is 0.477. The Balaban J connectivity index is 1.50. The van der Waals surface area contributed by atoms with Gasteiger partial charge in [-0.3, -0.25) is 4.68 Å². The highest BCUT2D eigenvalue weighted by atomic mass is 32.1. The molecule has 0 spiro atoms. The Morgan fingerprint density at radius 2 is 1.72 bits per heavy atom. The van der Waals surface area contributed by atoms with Gasteiger partial charge >= 0.3 is 0 Å². The minimum absolute atomic E-state index is 0.295. The van der Waals surface area contributed by atoms with Gasteiger partial charge in [0.15, 0.2) is 0 Å². The summed E-state index contributed by atoms with van der Waals surface area (Å²) in [6, 6.07) is 19.4. The molecular weight excluding hydrogens is 374 g/mol. The summed E-state index contributed by atoms with van der Waals surface area (Å²) in [4.78, 5) is 4.80. The molecule has 3 nitrogen and oxygen atoms in total. The van der Waals surface area contributed by atoms with E-state index in [0.29, 0.717) is 12.0 Å². The standard InChI is InChI=1S/C25H27N3S/c1-17(2)25-26-24(16-29-25)22-11-10-21(18(3)14-22)15-19(4)28-13-12-23(27-28)20-8-6-5-7-9-20/h5-14,16-17,19H,15H2,1-4H3. The van der Waals surface area contributed by atoms with E-state index < -0.39 is 0 Å². The van der Waals surface area contributed by atoms with E-state index in [1.54, 1.807) is 11.3 Å². The molecule has 0 saturated heterocycles. The molecule has 0 amide bonds. The third-order valence-electron chi connectivity index (χ3n) is 5.30. The lowest BCUT2D eigenvalue weighted by molar-refractivity contribution is 0.489. The maximum Gasteiger partial charge on any atom is 0.0958 e. The van der Waals surface area contributed by atoms with Crippen LogP contribution in [0.5, 0.6) is 0 Å². The van der Waals surface area contributed by atoms with Gasteiger partial charge in [0.05, 0.1) is 22.4 Å². The van der Waals surface area contributed by atoms with Crippen LogP contribution in [-0.2, 0) is 6.42 Å². The van der Waals surface area contributed by atoms with Crippen molar-refractivity contribution in [3.63, 3.8) is 0 Å². The van der Waals surface area contributed by atoms with Gasteiger partial charge in [-0.2, -0.15) is 5.10 Å². The summed E-state index contributed by atoms with van der Waals surface area (Å²) in [5, 5.41) is 8.16. The number of nitrogens with zero attached hydrogens (tertiary/aromatic N) is 3. The van der Waals surface area contributed by atoms with E-state index in [1.807, 2.05) is 6.07 Å². The first kappa shape index (κ1) is 19.6. The molecule has 0 bridgehead atoms. The van der Waals surface area contributed by atoms with Crippen molar-refractivity contribution in [2.24, 2.45) is 0 Å². The van der Waals surface area contributed by atoms with Crippen LogP contribution in [0.15, 0.2) is 66.2 Å². The van der Waals surface area contributed by atoms with E-state index in [9.17, 15) is 0 Å². The van der Waals surface area contributed by atoms with Crippen molar-refractivity contribution in [1.82, 2.24) is 14.8 Å². The average Bonchev–Trinajstić information content (AvgIpc) is 3.40. The first-order chi connectivity index (χ1) is 14.0. The summed E-state index contributed by atoms with van der Waals surface area (Å²) in [7, 11) is 0. The molecule has 0 N–H and O–H groups in total. The average molecular weight is 402 g/mol. The normalized spacial score (nSPS) is 12.4. The van der Waals surface area contributed by atoms with Crippen LogP contribution in [0.1, 0.15) is 48.9 Å². The highest BCUT2D eigenvalue weighted by Crippen LogP contribution is 2.28. The maximum absolute atomic E-state index is 4.80. The van der Waals surface area contributed by atoms with Gasteiger partial charge < -0.3 is 0 Å². The van der Waals surface area contributed by atoms with Crippen molar-refractivity contribution >= 4 is 11.3 Å². The molecule has 2 aromatic carbocycles. The summed E-state index contributed by atoms with van der Waals surface area (Å²) < 4.78 is 2.07. The van der Waals surface area contributed by atoms with E-state index in [-0.39, 0.29) is 0 Å². The van der Waals surface area contributed by atoms with E-state index in [0.717, 1.165) is 23.4 Å². The topological polar surface area (TPSA) is 30.7 Å². The third kappa shape index (κ3) is 4.33. The van der Waals surface area contributed by atoms with Crippen LogP contribution in [0.3, 0.4) is 0 Å². The van der Waals surface area contributed by atoms with Gasteiger partial charge in [0.1, 0.15) is 0 Å². The Labute approximate surface area is 177 Å². The second-order valence-electron chi connectivity index (χ2n) is 7.97. The molecule has 4 rings (SSSR count). The number of rotatable bonds is 6. The fourth-order valence-electron chi connectivity index (χ4n) is 3.53. The van der Waals surface area contributed by atoms with Crippen LogP contribution >= 0.6 is 11.3 Å². The highest BCUT2D eigenvalue weighted by Gasteiger charge is 2.13. The van der Waals surface area contributed by atoms with Gasteiger partial charge in [-0.05, 0) is 43.5 Å². The number of hydrogen-bond donors (Lipinski definition) is 0. The number of hydrogen-bond acceptors (Lipinski definition) is 3. The van der Waals surface area contributed by atoms with E-state index in [1.165, 1.54) is 21.7 Å². The van der Waals surface area contributed by atoms with Crippen LogP contribution in [-0.4, -0.2) is 14.8 Å². The summed E-state index contributed by atoms with van der Waals surface area (Å²) in [6.07, 6.45) is 3.04. The van der Waals surface area contributed by atoms with Crippen molar-refractivity contribution in [2.75, 3.05) is 0 Å². The Hall–Kier alpha value is -2.72. The number of thiazole rings is 1. The molecule has 4 heteroatoms. The summed E-state index contributed by atoms with van der Waals surface area (Å²) >= 11 is 1.75. The van der Waals surface area contributed by atoms with Crippen molar-refractivity contribution in [1.29, 1.82) is 0 Å². The smallest absolute Gasteiger partial charge is 0.0958 e. The third-order valence-corrected chi connectivity index (χ3v) is 6.44. The van der Waals surface area contributed by atoms with Crippen LogP contribution < -0.4 is 0 Å². The monoisotopic (exact) mass is 401 g/mol. The molecule has 1 unspecified atom stereocenters. The fraction of sp³-hybridized carbons (Fsp3) is 0.280. The molecule has 0 radical (unpaired) electrons. The lowest BCUT2D eigenvalue weighted by Crippen LogP contribution is -2.09. The van der Waals surface area contributed by atoms with Crippen LogP contribution in [0.2, 0.25) is 0 Å². The molecule has 2 aromatic heterocycles. The zero-order valence-electron chi connectivity index (χ0n) is 17.5. The van der Waals surface area contributed by atoms with Crippen LogP contribution in [0.4, 0.5) is 0 Å². The van der Waals surface area contributed by atoms with Gasteiger partial charge in [-0.15, -0.1) is 11.3 Å². The van der Waals surface area contributed by atoms with Gasteiger partial charge in [0.2, 0.25) is 0 Å². The van der Waals surface area contributed by atoms with Crippen LogP contribution in [0, 0.1) is 6.92 Å². The molecular formula is C25H27N3S. The molecule has 148 valence electrons. The number of aromatic nitrogens is 3. The minimum atomic E-state index is 0.295. The first-order valence-electron chi connectivity index (χ1n) is 10.2. The Morgan fingerprint density at radius 1 is 0.931 bits per heavy atom. The predicted molar refractivity (Wildman–Crippen MR) is 122 cm³/mol. The maximum atomic E-state index is 4.80. The molecule has 0 aliphatic carbocycles. The second-order valence-corrected chi connectivity index (χ2v) is 8.86. The first-order valence-corrected chi connectivity index (χ1v) is 11.0. The molecule has 1 atom stereocenters. The number of aryl methyl sites for hydroxylation is 1. The quantitative estimate of drug-likeness (QED) is 0.351. The van der Waals surface area contributed by atoms with Gasteiger partial charge in [-0.1, -0.05) is 56.3 Å². The van der Waals surface area contributed by atoms with E-state index >= 15 is 0 Å². The van der Waals surface area contributed by atoms with Crippen molar-refractivity contribution < 1.29 is 0 Å². The Morgan fingerprint density at radius 3 is 2.41 bits per heavy atom. The lowest BCUT2D eigenvalue weighted by Gasteiger charge is -2.15. The van der Waals surface area contributed by atoms with E-state index in [4.69, 9.17) is 10.1 Å². The minimum Gasteiger partial charge on any atom is -0.269 e. The molecule has 0 aliphatic rings. The second kappa shape index (κ2) is 8.34. The fourth-order valence-corrected chi connectivity index (χ4v) is 4.37. The lowest BCUT2D eigenvalue weighted by atomic mass is 9.99. The molecule has 2 heterocycles. The van der Waals surface area contributed by atoms with E-state index in [2.05, 4.69) is 92.5 Å². The van der Waals surface area contributed by atoms with Crippen molar-refractivity contribution in [3.05, 3.63) is 82.3 Å². The Bertz CT molecular complexity index is 1090.